The van der Waals surface area contributed by atoms with Crippen LogP contribution in [0.15, 0.2) is 23.1 Å². The first kappa shape index (κ1) is 15.2. The molecule has 0 unspecified atom stereocenters. The van der Waals surface area contributed by atoms with Gasteiger partial charge < -0.3 is 14.4 Å². The van der Waals surface area contributed by atoms with Gasteiger partial charge in [-0.05, 0) is 24.6 Å². The van der Waals surface area contributed by atoms with Crippen molar-refractivity contribution in [2.75, 3.05) is 31.3 Å². The normalized spacial score (nSPS) is 26.1. The number of fused-ring (bicyclic) bond motifs is 1. The van der Waals surface area contributed by atoms with E-state index >= 15 is 0 Å². The Bertz CT molecular complexity index is 534. The maximum atomic E-state index is 12.8. The summed E-state index contributed by atoms with van der Waals surface area (Å²) in [4.78, 5) is 15.6. The highest BCUT2D eigenvalue weighted by atomic mass is 35.5. The van der Waals surface area contributed by atoms with Crippen molar-refractivity contribution in [2.45, 2.75) is 29.6 Å². The summed E-state index contributed by atoms with van der Waals surface area (Å²) in [5.74, 6) is -0.0343. The highest BCUT2D eigenvalue weighted by Gasteiger charge is 2.31. The Balaban J connectivity index is 1.90. The van der Waals surface area contributed by atoms with Crippen molar-refractivity contribution in [3.8, 4) is 0 Å². The van der Waals surface area contributed by atoms with Crippen LogP contribution in [0, 0.1) is 0 Å². The van der Waals surface area contributed by atoms with Crippen LogP contribution < -0.4 is 4.90 Å². The number of hydrogen-bond donors (Lipinski definition) is 0. The second kappa shape index (κ2) is 6.57. The minimum Gasteiger partial charge on any atom is -0.376 e. The van der Waals surface area contributed by atoms with Crippen LogP contribution in [0.3, 0.4) is 0 Å². The fraction of sp³-hybridized carbons (Fsp3) is 0.533. The van der Waals surface area contributed by atoms with Crippen molar-refractivity contribution in [1.29, 1.82) is 0 Å². The highest BCUT2D eigenvalue weighted by molar-refractivity contribution is 8.00. The molecule has 2 aliphatic heterocycles. The van der Waals surface area contributed by atoms with Gasteiger partial charge in [0, 0.05) is 21.7 Å². The Hall–Kier alpha value is -0.750. The Labute approximate surface area is 133 Å². The summed E-state index contributed by atoms with van der Waals surface area (Å²) >= 11 is 7.90. The first-order chi connectivity index (χ1) is 10.1. The predicted octanol–water partition coefficient (Wildman–Crippen LogP) is 2.97. The highest BCUT2D eigenvalue weighted by Crippen LogP contribution is 2.39. The summed E-state index contributed by atoms with van der Waals surface area (Å²) in [6, 6.07) is 5.72. The number of ether oxygens (including phenoxy) is 2. The second-order valence-corrected chi connectivity index (χ2v) is 7.17. The Morgan fingerprint density at radius 1 is 1.43 bits per heavy atom. The molecule has 0 bridgehead atoms. The molecule has 0 N–H and O–H groups in total. The molecule has 1 fully saturated rings. The smallest absolute Gasteiger partial charge is 0.258 e. The standard InChI is InChI=1S/C15H18ClNO3S/c1-10-4-5-17(15(18)13-9-19-6-7-20-13)12-8-11(16)2-3-14(12)21-10/h2-3,8,10,13H,4-7,9H2,1H3/t10-,13-/m1/s1. The zero-order chi connectivity index (χ0) is 14.8. The van der Waals surface area contributed by atoms with E-state index in [2.05, 4.69) is 6.92 Å². The number of anilines is 1. The van der Waals surface area contributed by atoms with Crippen molar-refractivity contribution < 1.29 is 14.3 Å². The molecular formula is C15H18ClNO3S. The molecule has 1 amide bonds. The molecule has 2 heterocycles. The van der Waals surface area contributed by atoms with Crippen molar-refractivity contribution in [3.05, 3.63) is 23.2 Å². The lowest BCUT2D eigenvalue weighted by atomic mass is 10.2. The molecule has 1 aromatic carbocycles. The quantitative estimate of drug-likeness (QED) is 0.795. The van der Waals surface area contributed by atoms with Crippen LogP contribution in [-0.4, -0.2) is 43.6 Å². The summed E-state index contributed by atoms with van der Waals surface area (Å²) in [5, 5.41) is 1.11. The van der Waals surface area contributed by atoms with Gasteiger partial charge in [0.15, 0.2) is 6.10 Å². The summed E-state index contributed by atoms with van der Waals surface area (Å²) in [7, 11) is 0. The fourth-order valence-electron chi connectivity index (χ4n) is 2.54. The summed E-state index contributed by atoms with van der Waals surface area (Å²) < 4.78 is 10.9. The number of benzene rings is 1. The van der Waals surface area contributed by atoms with Gasteiger partial charge in [0.1, 0.15) is 0 Å². The van der Waals surface area contributed by atoms with E-state index in [-0.39, 0.29) is 5.91 Å². The Morgan fingerprint density at radius 3 is 3.05 bits per heavy atom. The van der Waals surface area contributed by atoms with Crippen LogP contribution in [0.2, 0.25) is 5.02 Å². The molecule has 0 saturated carbocycles. The second-order valence-electron chi connectivity index (χ2n) is 5.25. The Morgan fingerprint density at radius 2 is 2.29 bits per heavy atom. The van der Waals surface area contributed by atoms with E-state index in [1.165, 1.54) is 0 Å². The van der Waals surface area contributed by atoms with E-state index in [0.29, 0.717) is 36.6 Å². The average Bonchev–Trinajstić information content (AvgIpc) is 2.66. The van der Waals surface area contributed by atoms with Crippen LogP contribution in [0.4, 0.5) is 5.69 Å². The van der Waals surface area contributed by atoms with Crippen LogP contribution in [-0.2, 0) is 14.3 Å². The topological polar surface area (TPSA) is 38.8 Å². The number of rotatable bonds is 1. The van der Waals surface area contributed by atoms with E-state index in [0.717, 1.165) is 17.0 Å². The van der Waals surface area contributed by atoms with Gasteiger partial charge >= 0.3 is 0 Å². The minimum absolute atomic E-state index is 0.0343. The van der Waals surface area contributed by atoms with E-state index in [1.807, 2.05) is 18.2 Å². The molecule has 0 spiro atoms. The first-order valence-electron chi connectivity index (χ1n) is 7.12. The van der Waals surface area contributed by atoms with Gasteiger partial charge in [-0.1, -0.05) is 18.5 Å². The van der Waals surface area contributed by atoms with Gasteiger partial charge in [0.2, 0.25) is 0 Å². The molecule has 21 heavy (non-hydrogen) atoms. The van der Waals surface area contributed by atoms with E-state index < -0.39 is 6.10 Å². The minimum atomic E-state index is -0.510. The summed E-state index contributed by atoms with van der Waals surface area (Å²) in [6.07, 6.45) is 0.431. The molecule has 2 aliphatic rings. The molecule has 1 aromatic rings. The third-order valence-electron chi connectivity index (χ3n) is 3.66. The molecule has 1 saturated heterocycles. The third kappa shape index (κ3) is 3.37. The van der Waals surface area contributed by atoms with Crippen molar-refractivity contribution >= 4 is 35.0 Å². The van der Waals surface area contributed by atoms with Gasteiger partial charge in [0.25, 0.3) is 5.91 Å². The fourth-order valence-corrected chi connectivity index (χ4v) is 3.80. The zero-order valence-electron chi connectivity index (χ0n) is 11.9. The van der Waals surface area contributed by atoms with Gasteiger partial charge in [0.05, 0.1) is 25.5 Å². The average molecular weight is 328 g/mol. The van der Waals surface area contributed by atoms with Crippen LogP contribution in [0.5, 0.6) is 0 Å². The molecule has 114 valence electrons. The lowest BCUT2D eigenvalue weighted by Gasteiger charge is -2.29. The van der Waals surface area contributed by atoms with Crippen LogP contribution in [0.25, 0.3) is 0 Å². The number of halogens is 1. The maximum Gasteiger partial charge on any atom is 0.258 e. The zero-order valence-corrected chi connectivity index (χ0v) is 13.5. The van der Waals surface area contributed by atoms with Crippen LogP contribution >= 0.6 is 23.4 Å². The molecule has 3 rings (SSSR count). The van der Waals surface area contributed by atoms with Gasteiger partial charge in [-0.15, -0.1) is 11.8 Å². The molecule has 0 aromatic heterocycles. The maximum absolute atomic E-state index is 12.8. The largest absolute Gasteiger partial charge is 0.376 e. The van der Waals surface area contributed by atoms with Crippen LogP contribution in [0.1, 0.15) is 13.3 Å². The first-order valence-corrected chi connectivity index (χ1v) is 8.38. The number of carbonyl (C=O) groups is 1. The lowest BCUT2D eigenvalue weighted by molar-refractivity contribution is -0.144. The molecule has 4 nitrogen and oxygen atoms in total. The van der Waals surface area contributed by atoms with Crippen molar-refractivity contribution in [2.24, 2.45) is 0 Å². The van der Waals surface area contributed by atoms with Crippen molar-refractivity contribution in [3.63, 3.8) is 0 Å². The van der Waals surface area contributed by atoms with E-state index in [1.54, 1.807) is 16.7 Å². The lowest BCUT2D eigenvalue weighted by Crippen LogP contribution is -2.46. The molecule has 0 aliphatic carbocycles. The molecular weight excluding hydrogens is 310 g/mol. The molecule has 2 atom stereocenters. The predicted molar refractivity (Wildman–Crippen MR) is 84.3 cm³/mol. The van der Waals surface area contributed by atoms with E-state index in [9.17, 15) is 4.79 Å². The van der Waals surface area contributed by atoms with E-state index in [4.69, 9.17) is 21.1 Å². The number of amides is 1. The number of carbonyl (C=O) groups excluding carboxylic acids is 1. The SMILES string of the molecule is C[C@@H]1CCN(C(=O)[C@H]2COCCO2)c2cc(Cl)ccc2S1. The third-order valence-corrected chi connectivity index (χ3v) is 5.13. The van der Waals surface area contributed by atoms with Gasteiger partial charge in [-0.2, -0.15) is 0 Å². The summed E-state index contributed by atoms with van der Waals surface area (Å²) in [6.45, 7) is 4.21. The van der Waals surface area contributed by atoms with Crippen molar-refractivity contribution in [1.82, 2.24) is 0 Å². The molecule has 0 radical (unpaired) electrons. The number of thioether (sulfide) groups is 1. The number of nitrogens with zero attached hydrogens (tertiary/aromatic N) is 1. The monoisotopic (exact) mass is 327 g/mol. The molecule has 6 heteroatoms. The van der Waals surface area contributed by atoms with Gasteiger partial charge in [-0.25, -0.2) is 0 Å². The number of hydrogen-bond acceptors (Lipinski definition) is 4. The summed E-state index contributed by atoms with van der Waals surface area (Å²) in [5.41, 5.74) is 0.885. The Kier molecular flexibility index (Phi) is 4.74. The van der Waals surface area contributed by atoms with Gasteiger partial charge in [-0.3, -0.25) is 4.79 Å².